The molecule has 0 aromatic heterocycles. The molecule has 72 valence electrons. The van der Waals surface area contributed by atoms with Crippen LogP contribution in [0.25, 0.3) is 0 Å². The van der Waals surface area contributed by atoms with E-state index < -0.39 is 0 Å². The molecular formula is C10H19ClO. The van der Waals surface area contributed by atoms with Crippen LogP contribution in [0.3, 0.4) is 0 Å². The summed E-state index contributed by atoms with van der Waals surface area (Å²) in [6.07, 6.45) is 6.42. The maximum Gasteiger partial charge on any atom is 0.221 e. The molecule has 0 rings (SSSR count). The van der Waals surface area contributed by atoms with Gasteiger partial charge >= 0.3 is 0 Å². The Morgan fingerprint density at radius 3 is 2.50 bits per heavy atom. The summed E-state index contributed by atoms with van der Waals surface area (Å²) in [5, 5.41) is -0.196. The van der Waals surface area contributed by atoms with E-state index in [-0.39, 0.29) is 5.24 Å². The number of hydrogen-bond donors (Lipinski definition) is 0. The lowest BCUT2D eigenvalue weighted by molar-refractivity contribution is -0.111. The summed E-state index contributed by atoms with van der Waals surface area (Å²) in [5.74, 6) is 0.830. The molecule has 0 aliphatic carbocycles. The highest BCUT2D eigenvalue weighted by atomic mass is 35.5. The van der Waals surface area contributed by atoms with Crippen molar-refractivity contribution in [1.82, 2.24) is 0 Å². The molecule has 1 nitrogen and oxygen atoms in total. The van der Waals surface area contributed by atoms with Gasteiger partial charge < -0.3 is 0 Å². The minimum absolute atomic E-state index is 0.196. The van der Waals surface area contributed by atoms with E-state index in [1.807, 2.05) is 0 Å². The van der Waals surface area contributed by atoms with Gasteiger partial charge in [-0.1, -0.05) is 39.5 Å². The molecule has 0 spiro atoms. The van der Waals surface area contributed by atoms with E-state index in [4.69, 9.17) is 11.6 Å². The third-order valence-corrected chi connectivity index (χ3v) is 2.46. The number of hydrogen-bond acceptors (Lipinski definition) is 1. The van der Waals surface area contributed by atoms with Crippen molar-refractivity contribution in [3.63, 3.8) is 0 Å². The third-order valence-electron chi connectivity index (χ3n) is 2.27. The van der Waals surface area contributed by atoms with Crippen LogP contribution < -0.4 is 0 Å². The van der Waals surface area contributed by atoms with E-state index in [0.717, 1.165) is 18.8 Å². The molecule has 0 aromatic rings. The molecule has 12 heavy (non-hydrogen) atoms. The second-order valence-corrected chi connectivity index (χ2v) is 3.89. The number of rotatable bonds is 7. The molecule has 0 saturated carbocycles. The first-order valence-electron chi connectivity index (χ1n) is 4.85. The van der Waals surface area contributed by atoms with Gasteiger partial charge in [0.2, 0.25) is 5.24 Å². The zero-order chi connectivity index (χ0) is 9.40. The zero-order valence-electron chi connectivity index (χ0n) is 8.11. The van der Waals surface area contributed by atoms with E-state index in [1.54, 1.807) is 0 Å². The molecule has 2 heteroatoms. The summed E-state index contributed by atoms with van der Waals surface area (Å²) in [6, 6.07) is 0. The van der Waals surface area contributed by atoms with Crippen LogP contribution >= 0.6 is 11.6 Å². The van der Waals surface area contributed by atoms with Gasteiger partial charge in [-0.3, -0.25) is 4.79 Å². The first kappa shape index (κ1) is 12.0. The van der Waals surface area contributed by atoms with Crippen LogP contribution in [-0.4, -0.2) is 5.24 Å². The predicted octanol–water partition coefficient (Wildman–Crippen LogP) is 3.75. The number of carbonyl (C=O) groups excluding carboxylic acids is 1. The van der Waals surface area contributed by atoms with Gasteiger partial charge in [0.05, 0.1) is 0 Å². The van der Waals surface area contributed by atoms with Crippen LogP contribution in [0.5, 0.6) is 0 Å². The monoisotopic (exact) mass is 190 g/mol. The van der Waals surface area contributed by atoms with Gasteiger partial charge in [0, 0.05) is 6.42 Å². The average molecular weight is 191 g/mol. The Kier molecular flexibility index (Phi) is 7.58. The van der Waals surface area contributed by atoms with E-state index >= 15 is 0 Å². The highest BCUT2D eigenvalue weighted by molar-refractivity contribution is 6.63. The molecule has 0 aromatic carbocycles. The van der Waals surface area contributed by atoms with Crippen molar-refractivity contribution >= 4 is 16.8 Å². The molecule has 0 radical (unpaired) electrons. The van der Waals surface area contributed by atoms with Gasteiger partial charge in [0.15, 0.2) is 0 Å². The lowest BCUT2D eigenvalue weighted by Crippen LogP contribution is -1.92. The van der Waals surface area contributed by atoms with Crippen molar-refractivity contribution < 1.29 is 4.79 Å². The van der Waals surface area contributed by atoms with Crippen molar-refractivity contribution in [2.45, 2.75) is 52.4 Å². The van der Waals surface area contributed by atoms with E-state index in [0.29, 0.717) is 6.42 Å². The lowest BCUT2D eigenvalue weighted by atomic mass is 10.0. The summed E-state index contributed by atoms with van der Waals surface area (Å²) in [5.41, 5.74) is 0. The van der Waals surface area contributed by atoms with Crippen molar-refractivity contribution in [1.29, 1.82) is 0 Å². The van der Waals surface area contributed by atoms with Crippen molar-refractivity contribution in [2.24, 2.45) is 5.92 Å². The lowest BCUT2D eigenvalue weighted by Gasteiger charge is -2.06. The van der Waals surface area contributed by atoms with Gasteiger partial charge in [-0.05, 0) is 23.9 Å². The summed E-state index contributed by atoms with van der Waals surface area (Å²) in [7, 11) is 0. The SMILES string of the molecule is CCC(C)CCCCCC(=O)Cl. The Labute approximate surface area is 80.5 Å². The molecule has 0 saturated heterocycles. The second-order valence-electron chi connectivity index (χ2n) is 3.47. The van der Waals surface area contributed by atoms with Crippen molar-refractivity contribution in [2.75, 3.05) is 0 Å². The maximum atomic E-state index is 10.4. The molecule has 0 bridgehead atoms. The van der Waals surface area contributed by atoms with Crippen LogP contribution in [0.1, 0.15) is 52.4 Å². The smallest absolute Gasteiger partial charge is 0.221 e. The van der Waals surface area contributed by atoms with Crippen LogP contribution in [-0.2, 0) is 4.79 Å². The molecule has 0 fully saturated rings. The van der Waals surface area contributed by atoms with Crippen molar-refractivity contribution in [3.05, 3.63) is 0 Å². The van der Waals surface area contributed by atoms with E-state index in [2.05, 4.69) is 13.8 Å². The van der Waals surface area contributed by atoms with Crippen LogP contribution in [0, 0.1) is 5.92 Å². The molecule has 1 atom stereocenters. The highest BCUT2D eigenvalue weighted by Crippen LogP contribution is 2.13. The maximum absolute atomic E-state index is 10.4. The molecule has 0 aliphatic rings. The van der Waals surface area contributed by atoms with Crippen molar-refractivity contribution in [3.8, 4) is 0 Å². The summed E-state index contributed by atoms with van der Waals surface area (Å²) in [4.78, 5) is 10.4. The van der Waals surface area contributed by atoms with Crippen LogP contribution in [0.4, 0.5) is 0 Å². The topological polar surface area (TPSA) is 17.1 Å². The number of halogens is 1. The fourth-order valence-corrected chi connectivity index (χ4v) is 1.27. The quantitative estimate of drug-likeness (QED) is 0.442. The molecule has 0 N–H and O–H groups in total. The summed E-state index contributed by atoms with van der Waals surface area (Å²) < 4.78 is 0. The van der Waals surface area contributed by atoms with Crippen LogP contribution in [0.15, 0.2) is 0 Å². The van der Waals surface area contributed by atoms with Crippen LogP contribution in [0.2, 0.25) is 0 Å². The molecule has 0 aliphatic heterocycles. The molecule has 0 amide bonds. The Bertz CT molecular complexity index is 123. The number of unbranched alkanes of at least 4 members (excludes halogenated alkanes) is 2. The fraction of sp³-hybridized carbons (Fsp3) is 0.900. The summed E-state index contributed by atoms with van der Waals surface area (Å²) in [6.45, 7) is 4.49. The van der Waals surface area contributed by atoms with Gasteiger partial charge in [-0.15, -0.1) is 0 Å². The van der Waals surface area contributed by atoms with Gasteiger partial charge in [-0.25, -0.2) is 0 Å². The summed E-state index contributed by atoms with van der Waals surface area (Å²) >= 11 is 5.21. The standard InChI is InChI=1S/C10H19ClO/c1-3-9(2)7-5-4-6-8-10(11)12/h9H,3-8H2,1-2H3. The second kappa shape index (κ2) is 7.60. The largest absolute Gasteiger partial charge is 0.281 e. The Balaban J connectivity index is 3.05. The van der Waals surface area contributed by atoms with Gasteiger partial charge in [0.1, 0.15) is 0 Å². The predicted molar refractivity (Wildman–Crippen MR) is 53.4 cm³/mol. The first-order valence-corrected chi connectivity index (χ1v) is 5.23. The van der Waals surface area contributed by atoms with E-state index in [1.165, 1.54) is 19.3 Å². The molecule has 1 unspecified atom stereocenters. The fourth-order valence-electron chi connectivity index (χ4n) is 1.14. The van der Waals surface area contributed by atoms with Gasteiger partial charge in [0.25, 0.3) is 0 Å². The molecular weight excluding hydrogens is 172 g/mol. The van der Waals surface area contributed by atoms with E-state index in [9.17, 15) is 4.79 Å². The zero-order valence-corrected chi connectivity index (χ0v) is 8.86. The van der Waals surface area contributed by atoms with Gasteiger partial charge in [-0.2, -0.15) is 0 Å². The first-order chi connectivity index (χ1) is 5.66. The minimum Gasteiger partial charge on any atom is -0.281 e. The highest BCUT2D eigenvalue weighted by Gasteiger charge is 1.99. The minimum atomic E-state index is -0.196. The Hall–Kier alpha value is -0.0400. The number of carbonyl (C=O) groups is 1. The third kappa shape index (κ3) is 8.06. The average Bonchev–Trinajstić information content (AvgIpc) is 2.03. The normalized spacial score (nSPS) is 12.9. The Morgan fingerprint density at radius 1 is 1.33 bits per heavy atom. The molecule has 0 heterocycles. The Morgan fingerprint density at radius 2 is 2.00 bits per heavy atom.